The number of piperazine rings is 1. The first kappa shape index (κ1) is 57.6. The number of likely N-dealkylation sites (tertiary alicyclic amines) is 1. The van der Waals surface area contributed by atoms with Gasteiger partial charge < -0.3 is 40.5 Å². The summed E-state index contributed by atoms with van der Waals surface area (Å²) in [6.45, 7) is 1.60. The van der Waals surface area contributed by atoms with E-state index >= 15 is 0 Å². The van der Waals surface area contributed by atoms with Crippen LogP contribution in [0.25, 0.3) is 11.3 Å². The Morgan fingerprint density at radius 1 is 0.792 bits per heavy atom. The molecule has 3 saturated heterocycles. The van der Waals surface area contributed by atoms with E-state index in [4.69, 9.17) is 4.74 Å². The van der Waals surface area contributed by atoms with Gasteiger partial charge in [0.25, 0.3) is 5.91 Å². The summed E-state index contributed by atoms with van der Waals surface area (Å²) in [6, 6.07) is 12.0. The van der Waals surface area contributed by atoms with Gasteiger partial charge in [-0.15, -0.1) is 0 Å². The van der Waals surface area contributed by atoms with E-state index < -0.39 is 91.1 Å². The number of benzene rings is 2. The highest BCUT2D eigenvalue weighted by atomic mass is 19.4. The van der Waals surface area contributed by atoms with Crippen LogP contribution in [0.4, 0.5) is 50.5 Å². The van der Waals surface area contributed by atoms with Crippen molar-refractivity contribution >= 4 is 29.8 Å². The summed E-state index contributed by atoms with van der Waals surface area (Å²) in [5, 5.41) is 32.2. The fraction of sp³-hybridized carbons (Fsp3) is 0.490. The molecule has 5 heterocycles. The third-order valence-electron chi connectivity index (χ3n) is 14.2. The first-order valence-corrected chi connectivity index (χ1v) is 24.3. The molecule has 0 aliphatic carbocycles. The number of carbonyl (C=O) groups is 4. The first-order chi connectivity index (χ1) is 36.1. The summed E-state index contributed by atoms with van der Waals surface area (Å²) in [4.78, 5) is 61.5. The number of nitrogens with zero attached hydrogens (tertiary/aromatic N) is 6. The third kappa shape index (κ3) is 13.6. The zero-order chi connectivity index (χ0) is 56.2. The molecule has 77 heavy (non-hydrogen) atoms. The van der Waals surface area contributed by atoms with Crippen LogP contribution in [0.3, 0.4) is 0 Å². The molecule has 2 bridgehead atoms. The second kappa shape index (κ2) is 23.3. The summed E-state index contributed by atoms with van der Waals surface area (Å²) in [5.41, 5.74) is -1.49. The Hall–Kier alpha value is -7.08. The van der Waals surface area contributed by atoms with Gasteiger partial charge in [0, 0.05) is 67.3 Å². The number of pyridine rings is 1. The number of nitrogens with one attached hydrogen (secondary N) is 4. The van der Waals surface area contributed by atoms with E-state index in [1.165, 1.54) is 30.3 Å². The molecule has 0 spiro atoms. The SMILES string of the molecule is COC(=O)NC(C(=O)NC(Cc1ccc(C#Cc2ccc(N3C[C@H]4C[C@@H]3CN4C3COC3)nc2)cc1)C(O)CN(Cc1ccc(-c2ccn(C(F)F)n2)cc1)NC(=O)C(NC(=O)O)C(C)(C)C(F)(F)F)C(C)(C)C(F)(F)F. The number of alkyl carbamates (subject to hydrolysis) is 1. The Kier molecular flexibility index (Phi) is 17.4. The number of fused-ring (bicyclic) bond motifs is 2. The number of carboxylic acid groups (broad SMARTS) is 1. The molecule has 0 radical (unpaired) electrons. The molecule has 18 nitrogen and oxygen atoms in total. The number of hydrazine groups is 1. The number of carbonyl (C=O) groups excluding carboxylic acids is 3. The van der Waals surface area contributed by atoms with Gasteiger partial charge in [-0.25, -0.2) is 24.3 Å². The summed E-state index contributed by atoms with van der Waals surface area (Å²) < 4.78 is 123. The molecule has 3 aliphatic rings. The van der Waals surface area contributed by atoms with Crippen molar-refractivity contribution < 1.29 is 74.0 Å². The predicted octanol–water partition coefficient (Wildman–Crippen LogP) is 5.86. The number of halogens is 8. The lowest BCUT2D eigenvalue weighted by molar-refractivity contribution is -0.221. The standard InChI is InChI=1S/C51H58F8N10O8/c1-48(2,50(54,55)56)41(63-47(75)76-5)43(71)61-38(20-30-9-6-29(7-10-30)8-11-31-14-17-40(60-22-31)68-25-34-21-35(68)24-67(34)36-27-77-28-36)39(70)26-66(65-44(72)42(62-46(73)74)49(3,4)51(57,58)59)23-32-12-15-33(16-13-32)37-18-19-69(64-37)45(52)53/h6-7,9-10,12-19,22,34-36,38-39,41-42,45,62,70H,20-21,23-28H2,1-5H3,(H,61,71)(H,63,75)(H,65,72)(H,73,74)/t34-,35-,38?,39?,41?,42?/m1/s1. The molecule has 6 atom stereocenters. The topological polar surface area (TPSA) is 216 Å². The van der Waals surface area contributed by atoms with Crippen molar-refractivity contribution in [1.29, 1.82) is 0 Å². The number of methoxy groups -OCH3 is 1. The van der Waals surface area contributed by atoms with Crippen LogP contribution in [0.5, 0.6) is 0 Å². The van der Waals surface area contributed by atoms with E-state index in [9.17, 15) is 64.5 Å². The monoisotopic (exact) mass is 1090 g/mol. The van der Waals surface area contributed by atoms with Crippen LogP contribution in [0, 0.1) is 22.7 Å². The molecule has 2 aromatic carbocycles. The molecule has 4 aromatic rings. The summed E-state index contributed by atoms with van der Waals surface area (Å²) in [6.07, 6.45) is -12.1. The molecule has 3 fully saturated rings. The maximum absolute atomic E-state index is 14.5. The van der Waals surface area contributed by atoms with Gasteiger partial charge in [0.05, 0.1) is 55.0 Å². The van der Waals surface area contributed by atoms with Crippen LogP contribution < -0.4 is 26.3 Å². The zero-order valence-corrected chi connectivity index (χ0v) is 42.3. The molecule has 3 aliphatic heterocycles. The van der Waals surface area contributed by atoms with Crippen LogP contribution in [0.2, 0.25) is 0 Å². The van der Waals surface area contributed by atoms with Crippen molar-refractivity contribution in [2.75, 3.05) is 44.9 Å². The van der Waals surface area contributed by atoms with E-state index in [2.05, 4.69) is 47.2 Å². The summed E-state index contributed by atoms with van der Waals surface area (Å²) in [5.74, 6) is 3.98. The van der Waals surface area contributed by atoms with Crippen molar-refractivity contribution in [1.82, 2.24) is 46.0 Å². The molecular weight excluding hydrogens is 1030 g/mol. The van der Waals surface area contributed by atoms with Gasteiger partial charge in [0.2, 0.25) is 5.91 Å². The molecule has 2 aromatic heterocycles. The molecule has 4 amide bonds. The van der Waals surface area contributed by atoms with Gasteiger partial charge in [-0.1, -0.05) is 48.2 Å². The number of amides is 4. The summed E-state index contributed by atoms with van der Waals surface area (Å²) >= 11 is 0. The lowest BCUT2D eigenvalue weighted by Gasteiger charge is -2.42. The van der Waals surface area contributed by atoms with Crippen LogP contribution in [-0.2, 0) is 32.0 Å². The van der Waals surface area contributed by atoms with E-state index in [1.54, 1.807) is 35.8 Å². The minimum absolute atomic E-state index is 0.139. The van der Waals surface area contributed by atoms with Crippen LogP contribution in [-0.4, -0.2) is 154 Å². The Bertz CT molecular complexity index is 2780. The smallest absolute Gasteiger partial charge is 0.407 e. The zero-order valence-electron chi connectivity index (χ0n) is 42.3. The molecule has 4 unspecified atom stereocenters. The van der Waals surface area contributed by atoms with Gasteiger partial charge in [0.1, 0.15) is 17.9 Å². The summed E-state index contributed by atoms with van der Waals surface area (Å²) in [7, 11) is 0.861. The fourth-order valence-corrected chi connectivity index (χ4v) is 9.24. The maximum Gasteiger partial charge on any atom is 0.407 e. The Balaban J connectivity index is 1.15. The van der Waals surface area contributed by atoms with Crippen molar-refractivity contribution in [3.63, 3.8) is 0 Å². The van der Waals surface area contributed by atoms with Gasteiger partial charge in [-0.3, -0.25) is 19.9 Å². The largest absolute Gasteiger partial charge is 0.465 e. The second-order valence-electron chi connectivity index (χ2n) is 20.2. The van der Waals surface area contributed by atoms with Crippen LogP contribution in [0.15, 0.2) is 79.1 Å². The predicted molar refractivity (Wildman–Crippen MR) is 261 cm³/mol. The average molecular weight is 1090 g/mol. The van der Waals surface area contributed by atoms with Gasteiger partial charge in [-0.05, 0) is 82.0 Å². The number of aromatic nitrogens is 3. The first-order valence-electron chi connectivity index (χ1n) is 24.3. The van der Waals surface area contributed by atoms with Gasteiger partial charge in [-0.2, -0.15) is 40.2 Å². The van der Waals surface area contributed by atoms with Crippen molar-refractivity contribution in [2.45, 2.75) is 108 Å². The van der Waals surface area contributed by atoms with Crippen molar-refractivity contribution in [3.8, 4) is 23.1 Å². The number of alkyl halides is 8. The van der Waals surface area contributed by atoms with E-state index in [1.807, 2.05) is 17.4 Å². The highest BCUT2D eigenvalue weighted by Crippen LogP contribution is 2.42. The Morgan fingerprint density at radius 3 is 1.92 bits per heavy atom. The van der Waals surface area contributed by atoms with E-state index in [0.717, 1.165) is 56.9 Å². The number of aliphatic hydroxyl groups is 1. The van der Waals surface area contributed by atoms with Gasteiger partial charge >= 0.3 is 31.1 Å². The normalized spacial score (nSPS) is 18.7. The number of hydrogen-bond donors (Lipinski definition) is 6. The Morgan fingerprint density at radius 2 is 1.40 bits per heavy atom. The average Bonchev–Trinajstić information content (AvgIpc) is 4.17. The number of anilines is 1. The lowest BCUT2D eigenvalue weighted by atomic mass is 9.82. The number of ether oxygens (including phenoxy) is 2. The highest BCUT2D eigenvalue weighted by molar-refractivity contribution is 5.87. The van der Waals surface area contributed by atoms with E-state index in [0.29, 0.717) is 72.8 Å². The van der Waals surface area contributed by atoms with Gasteiger partial charge in [0.15, 0.2) is 0 Å². The number of aliphatic hydroxyl groups excluding tert-OH is 1. The molecule has 416 valence electrons. The molecule has 7 rings (SSSR count). The quantitative estimate of drug-likeness (QED) is 0.0369. The number of hydrogen-bond acceptors (Lipinski definition) is 12. The van der Waals surface area contributed by atoms with Crippen LogP contribution in [0.1, 0.15) is 62.9 Å². The maximum atomic E-state index is 14.5. The van der Waals surface area contributed by atoms with Crippen molar-refractivity contribution in [2.24, 2.45) is 10.8 Å². The molecule has 0 saturated carbocycles. The lowest BCUT2D eigenvalue weighted by Crippen LogP contribution is -2.63. The second-order valence-corrected chi connectivity index (χ2v) is 20.2. The Labute approximate surface area is 437 Å². The number of rotatable bonds is 19. The fourth-order valence-electron chi connectivity index (χ4n) is 9.24. The molecule has 6 N–H and O–H groups in total. The minimum atomic E-state index is -5.16. The minimum Gasteiger partial charge on any atom is -0.465 e. The van der Waals surface area contributed by atoms with Crippen molar-refractivity contribution in [3.05, 3.63) is 101 Å². The molecule has 26 heteroatoms. The van der Waals surface area contributed by atoms with E-state index in [-0.39, 0.29) is 17.7 Å². The van der Waals surface area contributed by atoms with Crippen LogP contribution >= 0.6 is 0 Å². The molecular formula is C51H58F8N10O8. The third-order valence-corrected chi connectivity index (χ3v) is 14.2. The highest BCUT2D eigenvalue weighted by Gasteiger charge is 2.57.